The minimum Gasteiger partial charge on any atom is -0.391 e. The molecule has 2 aliphatic rings. The van der Waals surface area contributed by atoms with Crippen LogP contribution >= 0.6 is 11.3 Å². The van der Waals surface area contributed by atoms with E-state index in [2.05, 4.69) is 10.6 Å². The van der Waals surface area contributed by atoms with Gasteiger partial charge in [-0.1, -0.05) is 6.07 Å². The van der Waals surface area contributed by atoms with Gasteiger partial charge in [0.05, 0.1) is 12.5 Å². The SMILES string of the molecule is O=C(NCC1CNCC1O)C1CCCN1C(=O)Cc1cccs1. The number of hydrogen-bond acceptors (Lipinski definition) is 5. The molecule has 1 aromatic rings. The second-order valence-electron chi connectivity index (χ2n) is 6.23. The van der Waals surface area contributed by atoms with E-state index in [0.717, 1.165) is 11.3 Å². The van der Waals surface area contributed by atoms with Crippen molar-refractivity contribution in [1.29, 1.82) is 0 Å². The van der Waals surface area contributed by atoms with Crippen molar-refractivity contribution < 1.29 is 14.7 Å². The van der Waals surface area contributed by atoms with Crippen LogP contribution in [0.5, 0.6) is 0 Å². The highest BCUT2D eigenvalue weighted by molar-refractivity contribution is 7.10. The van der Waals surface area contributed by atoms with Crippen LogP contribution in [0.3, 0.4) is 0 Å². The summed E-state index contributed by atoms with van der Waals surface area (Å²) in [4.78, 5) is 27.6. The third kappa shape index (κ3) is 3.91. The molecule has 1 aromatic heterocycles. The summed E-state index contributed by atoms with van der Waals surface area (Å²) in [5.41, 5.74) is 0. The molecule has 3 N–H and O–H groups in total. The second kappa shape index (κ2) is 7.42. The molecular weight excluding hydrogens is 314 g/mol. The van der Waals surface area contributed by atoms with Gasteiger partial charge in [0, 0.05) is 37.0 Å². The Morgan fingerprint density at radius 1 is 1.43 bits per heavy atom. The van der Waals surface area contributed by atoms with E-state index in [4.69, 9.17) is 0 Å². The molecule has 3 rings (SSSR count). The lowest BCUT2D eigenvalue weighted by Gasteiger charge is -2.24. The Bertz CT molecular complexity index is 549. The van der Waals surface area contributed by atoms with Gasteiger partial charge in [0.15, 0.2) is 0 Å². The summed E-state index contributed by atoms with van der Waals surface area (Å²) in [6.45, 7) is 2.40. The van der Waals surface area contributed by atoms with E-state index >= 15 is 0 Å². The molecule has 23 heavy (non-hydrogen) atoms. The number of likely N-dealkylation sites (tertiary alicyclic amines) is 1. The number of aliphatic hydroxyl groups excluding tert-OH is 1. The summed E-state index contributed by atoms with van der Waals surface area (Å²) in [5, 5.41) is 17.7. The molecule has 3 unspecified atom stereocenters. The molecule has 2 amide bonds. The normalized spacial score (nSPS) is 27.3. The fraction of sp³-hybridized carbons (Fsp3) is 0.625. The van der Waals surface area contributed by atoms with Crippen LogP contribution in [0.15, 0.2) is 17.5 Å². The molecule has 6 nitrogen and oxygen atoms in total. The molecule has 0 radical (unpaired) electrons. The summed E-state index contributed by atoms with van der Waals surface area (Å²) in [6.07, 6.45) is 1.54. The molecule has 0 spiro atoms. The number of hydrogen-bond donors (Lipinski definition) is 3. The van der Waals surface area contributed by atoms with Crippen LogP contribution in [0.2, 0.25) is 0 Å². The lowest BCUT2D eigenvalue weighted by atomic mass is 10.1. The highest BCUT2D eigenvalue weighted by Crippen LogP contribution is 2.20. The first-order chi connectivity index (χ1) is 11.1. The first-order valence-corrected chi connectivity index (χ1v) is 9.01. The van der Waals surface area contributed by atoms with Gasteiger partial charge in [0.2, 0.25) is 11.8 Å². The first kappa shape index (κ1) is 16.4. The van der Waals surface area contributed by atoms with Crippen LogP contribution in [0.4, 0.5) is 0 Å². The van der Waals surface area contributed by atoms with E-state index in [-0.39, 0.29) is 23.8 Å². The number of nitrogens with one attached hydrogen (secondary N) is 2. The van der Waals surface area contributed by atoms with Crippen molar-refractivity contribution in [1.82, 2.24) is 15.5 Å². The monoisotopic (exact) mass is 337 g/mol. The smallest absolute Gasteiger partial charge is 0.242 e. The zero-order valence-electron chi connectivity index (χ0n) is 13.0. The molecule has 3 heterocycles. The molecule has 2 saturated heterocycles. The molecule has 3 atom stereocenters. The predicted molar refractivity (Wildman–Crippen MR) is 88.1 cm³/mol. The van der Waals surface area contributed by atoms with Crippen LogP contribution in [0, 0.1) is 5.92 Å². The van der Waals surface area contributed by atoms with Crippen LogP contribution in [0.25, 0.3) is 0 Å². The van der Waals surface area contributed by atoms with Gasteiger partial charge < -0.3 is 20.6 Å². The van der Waals surface area contributed by atoms with Gasteiger partial charge in [-0.25, -0.2) is 0 Å². The van der Waals surface area contributed by atoms with E-state index in [1.165, 1.54) is 0 Å². The summed E-state index contributed by atoms with van der Waals surface area (Å²) in [5.74, 6) is -0.0237. The molecule has 2 aliphatic heterocycles. The minimum atomic E-state index is -0.407. The topological polar surface area (TPSA) is 81.7 Å². The van der Waals surface area contributed by atoms with Crippen LogP contribution in [-0.4, -0.2) is 60.1 Å². The van der Waals surface area contributed by atoms with Crippen LogP contribution < -0.4 is 10.6 Å². The van der Waals surface area contributed by atoms with E-state index in [0.29, 0.717) is 39.0 Å². The highest BCUT2D eigenvalue weighted by atomic mass is 32.1. The maximum Gasteiger partial charge on any atom is 0.242 e. The lowest BCUT2D eigenvalue weighted by molar-refractivity contribution is -0.138. The number of thiophene rings is 1. The number of nitrogens with zero attached hydrogens (tertiary/aromatic N) is 1. The summed E-state index contributed by atoms with van der Waals surface area (Å²) in [7, 11) is 0. The maximum absolute atomic E-state index is 12.4. The molecule has 2 fully saturated rings. The number of rotatable bonds is 5. The van der Waals surface area contributed by atoms with E-state index in [9.17, 15) is 14.7 Å². The number of amides is 2. The average molecular weight is 337 g/mol. The van der Waals surface area contributed by atoms with Gasteiger partial charge in [-0.15, -0.1) is 11.3 Å². The third-order valence-corrected chi connectivity index (χ3v) is 5.50. The first-order valence-electron chi connectivity index (χ1n) is 8.13. The van der Waals surface area contributed by atoms with Gasteiger partial charge in [0.1, 0.15) is 6.04 Å². The van der Waals surface area contributed by atoms with E-state index in [1.807, 2.05) is 17.5 Å². The molecule has 126 valence electrons. The van der Waals surface area contributed by atoms with Gasteiger partial charge in [-0.3, -0.25) is 9.59 Å². The third-order valence-electron chi connectivity index (χ3n) is 4.62. The van der Waals surface area contributed by atoms with Gasteiger partial charge >= 0.3 is 0 Å². The summed E-state index contributed by atoms with van der Waals surface area (Å²) in [6, 6.07) is 3.51. The Morgan fingerprint density at radius 3 is 3.00 bits per heavy atom. The standard InChI is InChI=1S/C16H23N3O3S/c20-14-10-17-8-11(14)9-18-16(22)13-4-1-5-19(13)15(21)7-12-3-2-6-23-12/h2-3,6,11,13-14,17,20H,1,4-5,7-10H2,(H,18,22). The number of β-amino-alcohol motifs (C(OH)–C–C–N with tert-alkyl or cyclic N) is 1. The van der Waals surface area contributed by atoms with Gasteiger partial charge in [-0.2, -0.15) is 0 Å². The van der Waals surface area contributed by atoms with Crippen molar-refractivity contribution >= 4 is 23.2 Å². The van der Waals surface area contributed by atoms with Crippen molar-refractivity contribution in [3.63, 3.8) is 0 Å². The molecule has 0 bridgehead atoms. The Balaban J connectivity index is 1.53. The Morgan fingerprint density at radius 2 is 2.30 bits per heavy atom. The Labute approximate surface area is 139 Å². The number of aliphatic hydroxyl groups is 1. The van der Waals surface area contributed by atoms with Crippen molar-refractivity contribution in [2.24, 2.45) is 5.92 Å². The lowest BCUT2D eigenvalue weighted by Crippen LogP contribution is -2.48. The highest BCUT2D eigenvalue weighted by Gasteiger charge is 2.34. The molecule has 0 aliphatic carbocycles. The molecule has 0 aromatic carbocycles. The Kier molecular flexibility index (Phi) is 5.30. The van der Waals surface area contributed by atoms with E-state index in [1.54, 1.807) is 16.2 Å². The minimum absolute atomic E-state index is 0.0210. The predicted octanol–water partition coefficient (Wildman–Crippen LogP) is -0.0219. The molecular formula is C16H23N3O3S. The van der Waals surface area contributed by atoms with Crippen molar-refractivity contribution in [2.75, 3.05) is 26.2 Å². The van der Waals surface area contributed by atoms with E-state index < -0.39 is 6.10 Å². The molecule has 0 saturated carbocycles. The van der Waals surface area contributed by atoms with Crippen molar-refractivity contribution in [3.8, 4) is 0 Å². The van der Waals surface area contributed by atoms with Gasteiger partial charge in [0.25, 0.3) is 0 Å². The quantitative estimate of drug-likeness (QED) is 0.705. The molecule has 7 heteroatoms. The van der Waals surface area contributed by atoms with Gasteiger partial charge in [-0.05, 0) is 24.3 Å². The van der Waals surface area contributed by atoms with Crippen molar-refractivity contribution in [3.05, 3.63) is 22.4 Å². The number of carbonyl (C=O) groups is 2. The zero-order chi connectivity index (χ0) is 16.2. The average Bonchev–Trinajstić information content (AvgIpc) is 3.26. The van der Waals surface area contributed by atoms with Crippen LogP contribution in [-0.2, 0) is 16.0 Å². The van der Waals surface area contributed by atoms with Crippen molar-refractivity contribution in [2.45, 2.75) is 31.4 Å². The number of carbonyl (C=O) groups excluding carboxylic acids is 2. The maximum atomic E-state index is 12.4. The second-order valence-corrected chi connectivity index (χ2v) is 7.26. The Hall–Kier alpha value is -1.44. The fourth-order valence-electron chi connectivity index (χ4n) is 3.28. The van der Waals surface area contributed by atoms with Crippen LogP contribution in [0.1, 0.15) is 17.7 Å². The summed E-state index contributed by atoms with van der Waals surface area (Å²) < 4.78 is 0. The fourth-order valence-corrected chi connectivity index (χ4v) is 3.97. The summed E-state index contributed by atoms with van der Waals surface area (Å²) >= 11 is 1.56. The zero-order valence-corrected chi connectivity index (χ0v) is 13.8. The largest absolute Gasteiger partial charge is 0.391 e.